The molecule has 0 saturated carbocycles. The molecule has 0 bridgehead atoms. The Labute approximate surface area is 177 Å². The first-order valence-corrected chi connectivity index (χ1v) is 11.4. The van der Waals surface area contributed by atoms with Crippen LogP contribution < -0.4 is 15.5 Å². The van der Waals surface area contributed by atoms with E-state index in [1.807, 2.05) is 12.1 Å². The summed E-state index contributed by atoms with van der Waals surface area (Å²) in [4.78, 5) is 29.2. The third kappa shape index (κ3) is 6.48. The van der Waals surface area contributed by atoms with Crippen molar-refractivity contribution in [1.29, 1.82) is 0 Å². The van der Waals surface area contributed by atoms with Gasteiger partial charge in [-0.2, -0.15) is 0 Å². The number of nitrogens with zero attached hydrogens (tertiary/aromatic N) is 2. The van der Waals surface area contributed by atoms with E-state index in [-0.39, 0.29) is 17.1 Å². The van der Waals surface area contributed by atoms with Crippen LogP contribution in [0.5, 0.6) is 0 Å². The van der Waals surface area contributed by atoms with Crippen LogP contribution in [0.25, 0.3) is 0 Å². The van der Waals surface area contributed by atoms with E-state index in [4.69, 9.17) is 0 Å². The van der Waals surface area contributed by atoms with Crippen LogP contribution >= 0.6 is 15.9 Å². The largest absolute Gasteiger partial charge is 0.371 e. The number of rotatable bonds is 9. The Hall–Kier alpha value is -1.60. The zero-order valence-corrected chi connectivity index (χ0v) is 18.8. The number of benzene rings is 1. The second-order valence-corrected chi connectivity index (χ2v) is 7.93. The maximum atomic E-state index is 13.0. The number of amides is 2. The van der Waals surface area contributed by atoms with E-state index < -0.39 is 0 Å². The van der Waals surface area contributed by atoms with E-state index >= 15 is 0 Å². The molecule has 0 spiro atoms. The number of hydrogen-bond donors (Lipinski definition) is 2. The molecule has 1 saturated heterocycles. The molecule has 1 aliphatic heterocycles. The number of halogens is 1. The molecule has 1 fully saturated rings. The first-order chi connectivity index (χ1) is 13.5. The Bertz CT molecular complexity index is 656. The van der Waals surface area contributed by atoms with Crippen molar-refractivity contribution in [2.45, 2.75) is 33.6 Å². The van der Waals surface area contributed by atoms with Gasteiger partial charge in [0, 0.05) is 37.6 Å². The van der Waals surface area contributed by atoms with Gasteiger partial charge in [-0.3, -0.25) is 9.59 Å². The summed E-state index contributed by atoms with van der Waals surface area (Å²) < 4.78 is 0. The van der Waals surface area contributed by atoms with Crippen LogP contribution in [0.1, 0.15) is 44.0 Å². The maximum absolute atomic E-state index is 13.0. The summed E-state index contributed by atoms with van der Waals surface area (Å²) in [6.45, 7) is 11.8. The third-order valence-electron chi connectivity index (χ3n) is 5.38. The Kier molecular flexibility index (Phi) is 9.25. The van der Waals surface area contributed by atoms with Gasteiger partial charge in [-0.1, -0.05) is 36.7 Å². The van der Waals surface area contributed by atoms with E-state index in [0.29, 0.717) is 17.8 Å². The molecule has 1 aromatic carbocycles. The van der Waals surface area contributed by atoms with Gasteiger partial charge in [-0.25, -0.2) is 0 Å². The van der Waals surface area contributed by atoms with Crippen LogP contribution in [0.2, 0.25) is 0 Å². The van der Waals surface area contributed by atoms with Crippen LogP contribution in [0, 0.1) is 5.92 Å². The highest BCUT2D eigenvalue weighted by molar-refractivity contribution is 9.09. The Morgan fingerprint density at radius 2 is 1.89 bits per heavy atom. The normalized spacial score (nSPS) is 15.0. The highest BCUT2D eigenvalue weighted by Gasteiger charge is 2.21. The topological polar surface area (TPSA) is 64.7 Å². The van der Waals surface area contributed by atoms with E-state index in [1.54, 1.807) is 6.07 Å². The van der Waals surface area contributed by atoms with Gasteiger partial charge in [-0.15, -0.1) is 0 Å². The van der Waals surface area contributed by atoms with Gasteiger partial charge < -0.3 is 20.4 Å². The minimum absolute atomic E-state index is 0.0873. The first kappa shape index (κ1) is 22.7. The van der Waals surface area contributed by atoms with Crippen LogP contribution in [-0.4, -0.2) is 61.3 Å². The standard InChI is InChI=1S/C21H33BrN4O2/c1-4-25(5-2)13-10-23-21(28)18-14-17(24-20(27)15-22)6-7-19(18)26-11-8-16(3)9-12-26/h6-7,14,16H,4-5,8-13,15H2,1-3H3,(H,23,28)(H,24,27). The third-order valence-corrected chi connectivity index (χ3v) is 5.89. The smallest absolute Gasteiger partial charge is 0.253 e. The highest BCUT2D eigenvalue weighted by atomic mass is 79.9. The van der Waals surface area contributed by atoms with Crippen molar-refractivity contribution in [3.63, 3.8) is 0 Å². The molecule has 1 aromatic rings. The SMILES string of the molecule is CCN(CC)CCNC(=O)c1cc(NC(=O)CBr)ccc1N1CCC(C)CC1. The van der Waals surface area contributed by atoms with Gasteiger partial charge in [0.25, 0.3) is 5.91 Å². The van der Waals surface area contributed by atoms with E-state index in [0.717, 1.165) is 57.2 Å². The minimum Gasteiger partial charge on any atom is -0.371 e. The summed E-state index contributed by atoms with van der Waals surface area (Å²) in [7, 11) is 0. The molecule has 0 unspecified atom stereocenters. The molecule has 2 N–H and O–H groups in total. The molecule has 28 heavy (non-hydrogen) atoms. The van der Waals surface area contributed by atoms with Crippen molar-refractivity contribution in [2.75, 3.05) is 54.8 Å². The molecule has 156 valence electrons. The van der Waals surface area contributed by atoms with Gasteiger partial charge >= 0.3 is 0 Å². The van der Waals surface area contributed by atoms with Crippen molar-refractivity contribution in [2.24, 2.45) is 5.92 Å². The summed E-state index contributed by atoms with van der Waals surface area (Å²) in [6, 6.07) is 5.63. The lowest BCUT2D eigenvalue weighted by Gasteiger charge is -2.33. The predicted molar refractivity (Wildman–Crippen MR) is 120 cm³/mol. The van der Waals surface area contributed by atoms with Crippen LogP contribution in [0.15, 0.2) is 18.2 Å². The number of carbonyl (C=O) groups is 2. The zero-order chi connectivity index (χ0) is 20.5. The summed E-state index contributed by atoms with van der Waals surface area (Å²) in [5.74, 6) is 0.503. The second kappa shape index (κ2) is 11.4. The molecule has 2 rings (SSSR count). The van der Waals surface area contributed by atoms with Crippen LogP contribution in [0.3, 0.4) is 0 Å². The van der Waals surface area contributed by atoms with Crippen molar-refractivity contribution >= 4 is 39.1 Å². The van der Waals surface area contributed by atoms with Gasteiger partial charge in [0.2, 0.25) is 5.91 Å². The fourth-order valence-electron chi connectivity index (χ4n) is 3.48. The van der Waals surface area contributed by atoms with E-state index in [1.165, 1.54) is 0 Å². The molecule has 7 heteroatoms. The average molecular weight is 453 g/mol. The lowest BCUT2D eigenvalue weighted by atomic mass is 9.98. The average Bonchev–Trinajstić information content (AvgIpc) is 2.71. The maximum Gasteiger partial charge on any atom is 0.253 e. The monoisotopic (exact) mass is 452 g/mol. The molecular formula is C21H33BrN4O2. The summed E-state index contributed by atoms with van der Waals surface area (Å²) in [5.41, 5.74) is 2.22. The van der Waals surface area contributed by atoms with Crippen LogP contribution in [-0.2, 0) is 4.79 Å². The molecule has 0 atom stereocenters. The molecule has 0 radical (unpaired) electrons. The van der Waals surface area contributed by atoms with Crippen molar-refractivity contribution < 1.29 is 9.59 Å². The van der Waals surface area contributed by atoms with Crippen LogP contribution in [0.4, 0.5) is 11.4 Å². The van der Waals surface area contributed by atoms with E-state index in [2.05, 4.69) is 57.1 Å². The zero-order valence-electron chi connectivity index (χ0n) is 17.3. The summed E-state index contributed by atoms with van der Waals surface area (Å²) in [6.07, 6.45) is 2.26. The number of nitrogens with one attached hydrogen (secondary N) is 2. The van der Waals surface area contributed by atoms with E-state index in [9.17, 15) is 9.59 Å². The molecular weight excluding hydrogens is 420 g/mol. The quantitative estimate of drug-likeness (QED) is 0.563. The number of carbonyl (C=O) groups excluding carboxylic acids is 2. The summed E-state index contributed by atoms with van der Waals surface area (Å²) >= 11 is 3.16. The number of likely N-dealkylation sites (N-methyl/N-ethyl adjacent to an activating group) is 1. The molecule has 1 heterocycles. The number of anilines is 2. The Morgan fingerprint density at radius 1 is 1.21 bits per heavy atom. The molecule has 1 aliphatic rings. The van der Waals surface area contributed by atoms with Crippen molar-refractivity contribution in [1.82, 2.24) is 10.2 Å². The minimum atomic E-state index is -0.132. The fraction of sp³-hybridized carbons (Fsp3) is 0.619. The number of hydrogen-bond acceptors (Lipinski definition) is 4. The van der Waals surface area contributed by atoms with Gasteiger partial charge in [0.05, 0.1) is 10.9 Å². The van der Waals surface area contributed by atoms with Gasteiger partial charge in [-0.05, 0) is 50.0 Å². The first-order valence-electron chi connectivity index (χ1n) is 10.2. The lowest BCUT2D eigenvalue weighted by Crippen LogP contribution is -2.37. The number of alkyl halides is 1. The highest BCUT2D eigenvalue weighted by Crippen LogP contribution is 2.28. The number of piperidine rings is 1. The molecule has 2 amide bonds. The second-order valence-electron chi connectivity index (χ2n) is 7.37. The van der Waals surface area contributed by atoms with Crippen molar-refractivity contribution in [3.05, 3.63) is 23.8 Å². The molecule has 0 aliphatic carbocycles. The molecule has 0 aromatic heterocycles. The Morgan fingerprint density at radius 3 is 2.50 bits per heavy atom. The summed E-state index contributed by atoms with van der Waals surface area (Å²) in [5, 5.41) is 6.10. The predicted octanol–water partition coefficient (Wildman–Crippen LogP) is 3.33. The van der Waals surface area contributed by atoms with Crippen molar-refractivity contribution in [3.8, 4) is 0 Å². The van der Waals surface area contributed by atoms with Gasteiger partial charge in [0.1, 0.15) is 0 Å². The lowest BCUT2D eigenvalue weighted by molar-refractivity contribution is -0.113. The fourth-order valence-corrected chi connectivity index (χ4v) is 3.62. The van der Waals surface area contributed by atoms with Gasteiger partial charge in [0.15, 0.2) is 0 Å². The molecule has 6 nitrogen and oxygen atoms in total. The Balaban J connectivity index is 2.17.